The molecule has 3 aromatic rings. The van der Waals surface area contributed by atoms with Crippen LogP contribution in [0.1, 0.15) is 27.3 Å². The fourth-order valence-electron chi connectivity index (χ4n) is 2.58. The van der Waals surface area contributed by atoms with Crippen LogP contribution in [0.4, 0.5) is 0 Å². The summed E-state index contributed by atoms with van der Waals surface area (Å²) in [6.45, 7) is 2.75. The number of nitrogens with zero attached hydrogens (tertiary/aromatic N) is 2. The Morgan fingerprint density at radius 3 is 2.78 bits per heavy atom. The SMILES string of the molecule is COc1ccccc1CCNC(=O)c1cccc(OCc2nsnc2C)c1. The second-order valence-corrected chi connectivity index (χ2v) is 6.46. The summed E-state index contributed by atoms with van der Waals surface area (Å²) >= 11 is 1.17. The Bertz CT molecular complexity index is 911. The smallest absolute Gasteiger partial charge is 0.251 e. The predicted octanol–water partition coefficient (Wildman–Crippen LogP) is 3.41. The summed E-state index contributed by atoms with van der Waals surface area (Å²) in [7, 11) is 1.64. The minimum atomic E-state index is -0.137. The van der Waals surface area contributed by atoms with Crippen molar-refractivity contribution in [3.05, 3.63) is 71.0 Å². The molecule has 0 bridgehead atoms. The number of carbonyl (C=O) groups excluding carboxylic acids is 1. The number of amides is 1. The third kappa shape index (κ3) is 5.04. The molecule has 0 saturated carbocycles. The molecule has 140 valence electrons. The molecule has 1 heterocycles. The van der Waals surface area contributed by atoms with Crippen molar-refractivity contribution in [3.63, 3.8) is 0 Å². The Kier molecular flexibility index (Phi) is 6.38. The van der Waals surface area contributed by atoms with Gasteiger partial charge in [-0.3, -0.25) is 4.79 Å². The minimum Gasteiger partial charge on any atom is -0.496 e. The lowest BCUT2D eigenvalue weighted by Crippen LogP contribution is -2.25. The Morgan fingerprint density at radius 1 is 1.15 bits per heavy atom. The number of aromatic nitrogens is 2. The second-order valence-electron chi connectivity index (χ2n) is 5.93. The standard InChI is InChI=1S/C20H21N3O3S/c1-14-18(23-27-22-14)13-26-17-8-5-7-16(12-17)20(24)21-11-10-15-6-3-4-9-19(15)25-2/h3-9,12H,10-11,13H2,1-2H3,(H,21,24). The van der Waals surface area contributed by atoms with Crippen molar-refractivity contribution >= 4 is 17.6 Å². The van der Waals surface area contributed by atoms with Crippen LogP contribution in [-0.4, -0.2) is 28.3 Å². The van der Waals surface area contributed by atoms with Crippen molar-refractivity contribution in [1.29, 1.82) is 0 Å². The molecule has 0 radical (unpaired) electrons. The van der Waals surface area contributed by atoms with Crippen LogP contribution in [0.5, 0.6) is 11.5 Å². The van der Waals surface area contributed by atoms with Crippen LogP contribution in [0.2, 0.25) is 0 Å². The molecule has 0 aliphatic heterocycles. The third-order valence-electron chi connectivity index (χ3n) is 4.09. The van der Waals surface area contributed by atoms with Gasteiger partial charge in [0.25, 0.3) is 5.91 Å². The number of methoxy groups -OCH3 is 1. The normalized spacial score (nSPS) is 10.4. The van der Waals surface area contributed by atoms with Gasteiger partial charge in [-0.25, -0.2) is 0 Å². The minimum absolute atomic E-state index is 0.137. The van der Waals surface area contributed by atoms with E-state index in [0.717, 1.165) is 22.7 Å². The van der Waals surface area contributed by atoms with Gasteiger partial charge in [0.05, 0.1) is 24.5 Å². The third-order valence-corrected chi connectivity index (χ3v) is 4.75. The van der Waals surface area contributed by atoms with Crippen LogP contribution in [-0.2, 0) is 13.0 Å². The fourth-order valence-corrected chi connectivity index (χ4v) is 3.13. The van der Waals surface area contributed by atoms with E-state index in [0.29, 0.717) is 30.9 Å². The summed E-state index contributed by atoms with van der Waals surface area (Å²) in [5.74, 6) is 1.32. The van der Waals surface area contributed by atoms with Gasteiger partial charge >= 0.3 is 0 Å². The molecule has 27 heavy (non-hydrogen) atoms. The van der Waals surface area contributed by atoms with Crippen LogP contribution < -0.4 is 14.8 Å². The number of hydrogen-bond acceptors (Lipinski definition) is 6. The van der Waals surface area contributed by atoms with E-state index in [1.54, 1.807) is 25.3 Å². The maximum atomic E-state index is 12.4. The largest absolute Gasteiger partial charge is 0.496 e. The molecule has 7 heteroatoms. The lowest BCUT2D eigenvalue weighted by atomic mass is 10.1. The van der Waals surface area contributed by atoms with Gasteiger partial charge in [0.15, 0.2) is 0 Å². The van der Waals surface area contributed by atoms with E-state index in [1.165, 1.54) is 11.7 Å². The van der Waals surface area contributed by atoms with E-state index in [1.807, 2.05) is 37.3 Å². The molecule has 0 aliphatic carbocycles. The van der Waals surface area contributed by atoms with Gasteiger partial charge in [-0.2, -0.15) is 8.75 Å². The molecular weight excluding hydrogens is 362 g/mol. The Morgan fingerprint density at radius 2 is 2.00 bits per heavy atom. The summed E-state index contributed by atoms with van der Waals surface area (Å²) < 4.78 is 19.4. The van der Waals surface area contributed by atoms with Gasteiger partial charge in [-0.05, 0) is 43.2 Å². The number of rotatable bonds is 8. The molecule has 0 spiro atoms. The number of aryl methyl sites for hydroxylation is 1. The molecule has 6 nitrogen and oxygen atoms in total. The number of benzene rings is 2. The highest BCUT2D eigenvalue weighted by Crippen LogP contribution is 2.18. The first-order valence-corrected chi connectivity index (χ1v) is 9.31. The zero-order chi connectivity index (χ0) is 19.1. The van der Waals surface area contributed by atoms with Crippen molar-refractivity contribution in [3.8, 4) is 11.5 Å². The number of ether oxygens (including phenoxy) is 2. The van der Waals surface area contributed by atoms with E-state index in [2.05, 4.69) is 14.1 Å². The van der Waals surface area contributed by atoms with Crippen LogP contribution in [0, 0.1) is 6.92 Å². The van der Waals surface area contributed by atoms with Crippen molar-refractivity contribution in [2.75, 3.05) is 13.7 Å². The van der Waals surface area contributed by atoms with Gasteiger partial charge < -0.3 is 14.8 Å². The van der Waals surface area contributed by atoms with Crippen LogP contribution in [0.15, 0.2) is 48.5 Å². The van der Waals surface area contributed by atoms with Gasteiger partial charge in [-0.1, -0.05) is 24.3 Å². The van der Waals surface area contributed by atoms with Gasteiger partial charge in [0.2, 0.25) is 0 Å². The van der Waals surface area contributed by atoms with Crippen molar-refractivity contribution in [2.45, 2.75) is 20.0 Å². The van der Waals surface area contributed by atoms with Crippen molar-refractivity contribution in [2.24, 2.45) is 0 Å². The average Bonchev–Trinajstić information content (AvgIpc) is 3.11. The van der Waals surface area contributed by atoms with Crippen LogP contribution >= 0.6 is 11.7 Å². The first-order chi connectivity index (χ1) is 13.2. The number of para-hydroxylation sites is 1. The molecule has 0 aliphatic rings. The zero-order valence-corrected chi connectivity index (χ0v) is 16.1. The number of nitrogens with one attached hydrogen (secondary N) is 1. The van der Waals surface area contributed by atoms with Crippen LogP contribution in [0.25, 0.3) is 0 Å². The molecule has 0 unspecified atom stereocenters. The predicted molar refractivity (Wildman–Crippen MR) is 104 cm³/mol. The fraction of sp³-hybridized carbons (Fsp3) is 0.250. The molecular formula is C20H21N3O3S. The zero-order valence-electron chi connectivity index (χ0n) is 15.3. The first kappa shape index (κ1) is 18.8. The highest BCUT2D eigenvalue weighted by atomic mass is 32.1. The van der Waals surface area contributed by atoms with Crippen molar-refractivity contribution in [1.82, 2.24) is 14.1 Å². The molecule has 0 fully saturated rings. The Balaban J connectivity index is 1.54. The number of hydrogen-bond donors (Lipinski definition) is 1. The molecule has 1 aromatic heterocycles. The van der Waals surface area contributed by atoms with E-state index < -0.39 is 0 Å². The Labute approximate surface area is 162 Å². The highest BCUT2D eigenvalue weighted by Gasteiger charge is 2.09. The summed E-state index contributed by atoms with van der Waals surface area (Å²) in [5, 5.41) is 2.93. The van der Waals surface area contributed by atoms with E-state index >= 15 is 0 Å². The average molecular weight is 383 g/mol. The monoisotopic (exact) mass is 383 g/mol. The topological polar surface area (TPSA) is 73.3 Å². The molecule has 0 saturated heterocycles. The molecule has 0 atom stereocenters. The maximum absolute atomic E-state index is 12.4. The van der Waals surface area contributed by atoms with Gasteiger partial charge in [0, 0.05) is 12.1 Å². The summed E-state index contributed by atoms with van der Waals surface area (Å²) in [4.78, 5) is 12.4. The first-order valence-electron chi connectivity index (χ1n) is 8.58. The summed E-state index contributed by atoms with van der Waals surface area (Å²) in [6.07, 6.45) is 0.696. The molecule has 1 amide bonds. The van der Waals surface area contributed by atoms with E-state index in [-0.39, 0.29) is 5.91 Å². The quantitative estimate of drug-likeness (QED) is 0.645. The molecule has 3 rings (SSSR count). The lowest BCUT2D eigenvalue weighted by molar-refractivity contribution is 0.0953. The van der Waals surface area contributed by atoms with E-state index in [9.17, 15) is 4.79 Å². The van der Waals surface area contributed by atoms with Gasteiger partial charge in [0.1, 0.15) is 23.8 Å². The molecule has 2 aromatic carbocycles. The summed E-state index contributed by atoms with van der Waals surface area (Å²) in [6, 6.07) is 14.9. The van der Waals surface area contributed by atoms with Crippen LogP contribution in [0.3, 0.4) is 0 Å². The van der Waals surface area contributed by atoms with Gasteiger partial charge in [-0.15, -0.1) is 0 Å². The Hall–Kier alpha value is -2.93. The van der Waals surface area contributed by atoms with E-state index in [4.69, 9.17) is 9.47 Å². The molecule has 1 N–H and O–H groups in total. The lowest BCUT2D eigenvalue weighted by Gasteiger charge is -2.10. The summed E-state index contributed by atoms with van der Waals surface area (Å²) in [5.41, 5.74) is 3.29. The maximum Gasteiger partial charge on any atom is 0.251 e. The second kappa shape index (κ2) is 9.14. The van der Waals surface area contributed by atoms with Crippen molar-refractivity contribution < 1.29 is 14.3 Å². The highest BCUT2D eigenvalue weighted by molar-refractivity contribution is 6.99. The number of carbonyl (C=O) groups is 1.